The smallest absolute Gasteiger partial charge is 0.354 e. The Bertz CT molecular complexity index is 533. The van der Waals surface area contributed by atoms with Crippen molar-refractivity contribution in [1.29, 1.82) is 0 Å². The number of hydrogen-bond acceptors (Lipinski definition) is 5. The molecule has 1 aromatic rings. The number of ether oxygens (including phenoxy) is 2. The lowest BCUT2D eigenvalue weighted by Gasteiger charge is -2.12. The number of rotatable bonds is 6. The quantitative estimate of drug-likeness (QED) is 0.609. The van der Waals surface area contributed by atoms with Gasteiger partial charge in [0.05, 0.1) is 20.3 Å². The van der Waals surface area contributed by atoms with Gasteiger partial charge in [0, 0.05) is 5.56 Å². The maximum absolute atomic E-state index is 12.1. The number of benzene rings is 1. The number of aliphatic hydroxyl groups is 1. The van der Waals surface area contributed by atoms with Gasteiger partial charge < -0.3 is 19.9 Å². The maximum atomic E-state index is 12.1. The molecule has 0 aliphatic carbocycles. The molecule has 0 radical (unpaired) electrons. The van der Waals surface area contributed by atoms with Crippen molar-refractivity contribution in [2.24, 2.45) is 0 Å². The van der Waals surface area contributed by atoms with E-state index < -0.39 is 11.9 Å². The third kappa shape index (κ3) is 4.61. The van der Waals surface area contributed by atoms with Crippen LogP contribution in [-0.4, -0.2) is 37.3 Å². The lowest BCUT2D eigenvalue weighted by molar-refractivity contribution is -0.139. The molecule has 1 aromatic carbocycles. The first kappa shape index (κ1) is 16.7. The molecule has 0 atom stereocenters. The molecule has 2 N–H and O–H groups in total. The average molecular weight is 293 g/mol. The third-order valence-corrected chi connectivity index (χ3v) is 2.73. The van der Waals surface area contributed by atoms with E-state index in [2.05, 4.69) is 5.32 Å². The Morgan fingerprint density at radius 2 is 1.86 bits per heavy atom. The van der Waals surface area contributed by atoms with E-state index in [0.717, 1.165) is 0 Å². The van der Waals surface area contributed by atoms with Crippen LogP contribution in [0.3, 0.4) is 0 Å². The summed E-state index contributed by atoms with van der Waals surface area (Å²) in [6.07, 6.45) is 0. The average Bonchev–Trinajstić information content (AvgIpc) is 2.51. The predicted octanol–water partition coefficient (Wildman–Crippen LogP) is 1.25. The van der Waals surface area contributed by atoms with Gasteiger partial charge in [0.2, 0.25) is 0 Å². The van der Waals surface area contributed by atoms with Gasteiger partial charge in [-0.1, -0.05) is 0 Å². The summed E-state index contributed by atoms with van der Waals surface area (Å²) in [5.74, 6) is -0.515. The highest BCUT2D eigenvalue weighted by Gasteiger charge is 2.18. The Kier molecular flexibility index (Phi) is 6.42. The lowest BCUT2D eigenvalue weighted by atomic mass is 10.2. The number of esters is 1. The van der Waals surface area contributed by atoms with Crippen LogP contribution < -0.4 is 10.1 Å². The van der Waals surface area contributed by atoms with Gasteiger partial charge in [0.15, 0.2) is 0 Å². The number of nitrogens with one attached hydrogen (secondary N) is 1. The van der Waals surface area contributed by atoms with E-state index in [-0.39, 0.29) is 18.9 Å². The van der Waals surface area contributed by atoms with Crippen molar-refractivity contribution in [3.05, 3.63) is 41.1 Å². The van der Waals surface area contributed by atoms with Crippen LogP contribution in [0.2, 0.25) is 0 Å². The summed E-state index contributed by atoms with van der Waals surface area (Å²) < 4.78 is 9.87. The molecule has 0 bridgehead atoms. The number of aliphatic hydroxyl groups excluding tert-OH is 1. The number of amides is 1. The second-order valence-electron chi connectivity index (χ2n) is 4.22. The van der Waals surface area contributed by atoms with E-state index in [4.69, 9.17) is 14.6 Å². The van der Waals surface area contributed by atoms with E-state index in [9.17, 15) is 9.59 Å². The van der Waals surface area contributed by atoms with Gasteiger partial charge in [0.25, 0.3) is 5.91 Å². The normalized spacial score (nSPS) is 11.4. The molecule has 6 heteroatoms. The van der Waals surface area contributed by atoms with Crippen LogP contribution in [-0.2, 0) is 9.53 Å². The highest BCUT2D eigenvalue weighted by Crippen LogP contribution is 2.12. The van der Waals surface area contributed by atoms with E-state index in [0.29, 0.717) is 16.9 Å². The molecule has 0 aliphatic rings. The SMILES string of the molecule is CCOC(=O)/C(NC(=O)c1ccc(OC)cc1)=C(/C)CO. The van der Waals surface area contributed by atoms with Gasteiger partial charge in [-0.2, -0.15) is 0 Å². The lowest BCUT2D eigenvalue weighted by Crippen LogP contribution is -2.30. The molecular formula is C15H19NO5. The molecule has 114 valence electrons. The molecule has 6 nitrogen and oxygen atoms in total. The number of carbonyl (C=O) groups is 2. The second kappa shape index (κ2) is 8.06. The van der Waals surface area contributed by atoms with Crippen molar-refractivity contribution < 1.29 is 24.2 Å². The monoisotopic (exact) mass is 293 g/mol. The van der Waals surface area contributed by atoms with E-state index >= 15 is 0 Å². The van der Waals surface area contributed by atoms with Crippen LogP contribution >= 0.6 is 0 Å². The van der Waals surface area contributed by atoms with Crippen LogP contribution in [0.5, 0.6) is 5.75 Å². The fourth-order valence-electron chi connectivity index (χ4n) is 1.54. The van der Waals surface area contributed by atoms with Gasteiger partial charge >= 0.3 is 5.97 Å². The minimum Gasteiger partial charge on any atom is -0.497 e. The molecular weight excluding hydrogens is 274 g/mol. The van der Waals surface area contributed by atoms with Gasteiger partial charge in [-0.3, -0.25) is 4.79 Å². The first-order valence-corrected chi connectivity index (χ1v) is 6.46. The van der Waals surface area contributed by atoms with Crippen LogP contribution in [0.4, 0.5) is 0 Å². The maximum Gasteiger partial charge on any atom is 0.354 e. The third-order valence-electron chi connectivity index (χ3n) is 2.73. The van der Waals surface area contributed by atoms with Gasteiger partial charge in [-0.15, -0.1) is 0 Å². The molecule has 0 saturated heterocycles. The molecule has 0 aromatic heterocycles. The van der Waals surface area contributed by atoms with Gasteiger partial charge in [0.1, 0.15) is 11.4 Å². The Morgan fingerprint density at radius 3 is 2.33 bits per heavy atom. The number of carbonyl (C=O) groups excluding carboxylic acids is 2. The first-order valence-electron chi connectivity index (χ1n) is 6.46. The van der Waals surface area contributed by atoms with Crippen LogP contribution in [0.15, 0.2) is 35.5 Å². The molecule has 0 fully saturated rings. The Morgan fingerprint density at radius 1 is 1.24 bits per heavy atom. The van der Waals surface area contributed by atoms with Crippen molar-refractivity contribution in [2.75, 3.05) is 20.3 Å². The van der Waals surface area contributed by atoms with Crippen LogP contribution in [0.25, 0.3) is 0 Å². The summed E-state index contributed by atoms with van der Waals surface area (Å²) >= 11 is 0. The predicted molar refractivity (Wildman–Crippen MR) is 76.9 cm³/mol. The van der Waals surface area contributed by atoms with Crippen molar-refractivity contribution in [3.8, 4) is 5.75 Å². The molecule has 0 unspecified atom stereocenters. The Labute approximate surface area is 123 Å². The molecule has 0 spiro atoms. The fourth-order valence-corrected chi connectivity index (χ4v) is 1.54. The highest BCUT2D eigenvalue weighted by molar-refractivity contribution is 6.01. The Balaban J connectivity index is 2.92. The minimum absolute atomic E-state index is 0.0415. The Hall–Kier alpha value is -2.34. The summed E-state index contributed by atoms with van der Waals surface area (Å²) in [6.45, 7) is 3.03. The standard InChI is InChI=1S/C15H19NO5/c1-4-21-15(19)13(10(2)9-17)16-14(18)11-5-7-12(20-3)8-6-11/h5-8,17H,4,9H2,1-3H3,(H,16,18)/b13-10+. The summed E-state index contributed by atoms with van der Waals surface area (Å²) in [4.78, 5) is 23.9. The first-order chi connectivity index (χ1) is 10.0. The van der Waals surface area contributed by atoms with Crippen LogP contribution in [0, 0.1) is 0 Å². The van der Waals surface area contributed by atoms with E-state index in [1.54, 1.807) is 38.1 Å². The molecule has 1 amide bonds. The number of hydrogen-bond donors (Lipinski definition) is 2. The van der Waals surface area contributed by atoms with E-state index in [1.807, 2.05) is 0 Å². The largest absolute Gasteiger partial charge is 0.497 e. The fraction of sp³-hybridized carbons (Fsp3) is 0.333. The van der Waals surface area contributed by atoms with Gasteiger partial charge in [-0.25, -0.2) is 4.79 Å². The van der Waals surface area contributed by atoms with Crippen molar-refractivity contribution in [2.45, 2.75) is 13.8 Å². The van der Waals surface area contributed by atoms with E-state index in [1.165, 1.54) is 7.11 Å². The second-order valence-corrected chi connectivity index (χ2v) is 4.22. The zero-order valence-corrected chi connectivity index (χ0v) is 12.3. The van der Waals surface area contributed by atoms with Gasteiger partial charge in [-0.05, 0) is 43.7 Å². The summed E-state index contributed by atoms with van der Waals surface area (Å²) in [5.41, 5.74) is 0.652. The molecule has 0 heterocycles. The zero-order chi connectivity index (χ0) is 15.8. The number of methoxy groups -OCH3 is 1. The molecule has 0 saturated carbocycles. The van der Waals surface area contributed by atoms with Crippen molar-refractivity contribution in [1.82, 2.24) is 5.32 Å². The topological polar surface area (TPSA) is 84.9 Å². The van der Waals surface area contributed by atoms with Crippen molar-refractivity contribution in [3.63, 3.8) is 0 Å². The summed E-state index contributed by atoms with van der Waals surface area (Å²) in [7, 11) is 1.53. The van der Waals surface area contributed by atoms with Crippen molar-refractivity contribution >= 4 is 11.9 Å². The molecule has 21 heavy (non-hydrogen) atoms. The molecule has 0 aliphatic heterocycles. The van der Waals surface area contributed by atoms with Crippen LogP contribution in [0.1, 0.15) is 24.2 Å². The summed E-state index contributed by atoms with van der Waals surface area (Å²) in [6, 6.07) is 6.43. The zero-order valence-electron chi connectivity index (χ0n) is 12.3. The molecule has 1 rings (SSSR count). The summed E-state index contributed by atoms with van der Waals surface area (Å²) in [5, 5.41) is 11.6. The minimum atomic E-state index is -0.675. The highest BCUT2D eigenvalue weighted by atomic mass is 16.5.